The maximum Gasteiger partial charge on any atom is 0.338 e. The van der Waals surface area contributed by atoms with Gasteiger partial charge in [-0.3, -0.25) is 10.1 Å². The summed E-state index contributed by atoms with van der Waals surface area (Å²) in [6.45, 7) is -0.0244. The molecule has 3 rings (SSSR count). The minimum Gasteiger partial charge on any atom is -0.457 e. The van der Waals surface area contributed by atoms with E-state index in [1.807, 2.05) is 42.5 Å². The number of nitrogens with zero attached hydrogens (tertiary/aromatic N) is 1. The van der Waals surface area contributed by atoms with E-state index in [0.717, 1.165) is 0 Å². The normalized spacial score (nSPS) is 10.2. The molecule has 0 unspecified atom stereocenters. The van der Waals surface area contributed by atoms with Crippen LogP contribution < -0.4 is 10.1 Å². The van der Waals surface area contributed by atoms with Gasteiger partial charge in [-0.25, -0.2) is 4.79 Å². The first kappa shape index (κ1) is 18.9. The van der Waals surface area contributed by atoms with E-state index in [0.29, 0.717) is 22.7 Å². The van der Waals surface area contributed by atoms with Crippen LogP contribution in [0.3, 0.4) is 0 Å². The summed E-state index contributed by atoms with van der Waals surface area (Å²) in [5, 5.41) is 13.9. The van der Waals surface area contributed by atoms with Gasteiger partial charge in [-0.2, -0.15) is 0 Å². The average Bonchev–Trinajstić information content (AvgIpc) is 2.73. The molecule has 142 valence electrons. The monoisotopic (exact) mass is 378 g/mol. The van der Waals surface area contributed by atoms with E-state index in [9.17, 15) is 14.9 Å². The van der Waals surface area contributed by atoms with E-state index in [2.05, 4.69) is 5.32 Å². The van der Waals surface area contributed by atoms with Crippen LogP contribution in [0.1, 0.15) is 15.9 Å². The molecule has 0 radical (unpaired) electrons. The van der Waals surface area contributed by atoms with Gasteiger partial charge in [0.1, 0.15) is 23.8 Å². The van der Waals surface area contributed by atoms with Crippen LogP contribution in [0.5, 0.6) is 11.5 Å². The predicted molar refractivity (Wildman–Crippen MR) is 105 cm³/mol. The number of rotatable bonds is 7. The molecular formula is C21H18N2O5. The molecule has 0 spiro atoms. The lowest BCUT2D eigenvalue weighted by Crippen LogP contribution is -2.07. The minimum absolute atomic E-state index is 0.0244. The fraction of sp³-hybridized carbons (Fsp3) is 0.0952. The predicted octanol–water partition coefficient (Wildman–Crippen LogP) is 4.79. The van der Waals surface area contributed by atoms with Gasteiger partial charge in [-0.15, -0.1) is 0 Å². The topological polar surface area (TPSA) is 90.7 Å². The molecule has 1 N–H and O–H groups in total. The minimum atomic E-state index is -0.653. The Morgan fingerprint density at radius 1 is 1.04 bits per heavy atom. The van der Waals surface area contributed by atoms with Crippen molar-refractivity contribution in [2.75, 3.05) is 12.4 Å². The Labute approximate surface area is 161 Å². The number of carbonyl (C=O) groups is 1. The number of nitrogens with one attached hydrogen (secondary N) is 1. The number of nitro benzene ring substituents is 1. The van der Waals surface area contributed by atoms with Crippen molar-refractivity contribution in [2.24, 2.45) is 0 Å². The number of hydrogen-bond acceptors (Lipinski definition) is 6. The number of nitro groups is 1. The summed E-state index contributed by atoms with van der Waals surface area (Å²) in [5.41, 5.74) is 0.918. The number of para-hydroxylation sites is 2. The summed E-state index contributed by atoms with van der Waals surface area (Å²) >= 11 is 0. The van der Waals surface area contributed by atoms with Gasteiger partial charge in [0.15, 0.2) is 0 Å². The highest BCUT2D eigenvalue weighted by molar-refractivity contribution is 5.91. The molecule has 0 fully saturated rings. The molecule has 0 aliphatic rings. The molecule has 0 aliphatic carbocycles. The third kappa shape index (κ3) is 4.45. The van der Waals surface area contributed by atoms with Gasteiger partial charge in [0.05, 0.1) is 10.5 Å². The Bertz CT molecular complexity index is 989. The lowest BCUT2D eigenvalue weighted by atomic mass is 10.1. The zero-order valence-electron chi connectivity index (χ0n) is 15.1. The number of benzene rings is 3. The lowest BCUT2D eigenvalue weighted by Gasteiger charge is -2.12. The number of hydrogen-bond donors (Lipinski definition) is 1. The Balaban J connectivity index is 1.73. The fourth-order valence-corrected chi connectivity index (χ4v) is 2.59. The molecule has 0 saturated carbocycles. The van der Waals surface area contributed by atoms with Gasteiger partial charge in [0.2, 0.25) is 0 Å². The highest BCUT2D eigenvalue weighted by Gasteiger charge is 2.18. The molecule has 0 amide bonds. The maximum atomic E-state index is 12.4. The van der Waals surface area contributed by atoms with Gasteiger partial charge in [-0.1, -0.05) is 36.4 Å². The Hall–Kier alpha value is -3.87. The van der Waals surface area contributed by atoms with Crippen molar-refractivity contribution in [3.05, 3.63) is 94.0 Å². The molecule has 0 atom stereocenters. The molecule has 7 heteroatoms. The van der Waals surface area contributed by atoms with Crippen LogP contribution in [0.15, 0.2) is 72.8 Å². The van der Waals surface area contributed by atoms with Crippen LogP contribution in [0, 0.1) is 10.1 Å². The summed E-state index contributed by atoms with van der Waals surface area (Å²) in [6, 6.07) is 20.6. The van der Waals surface area contributed by atoms with E-state index >= 15 is 0 Å². The third-order valence-electron chi connectivity index (χ3n) is 4.00. The van der Waals surface area contributed by atoms with Gasteiger partial charge < -0.3 is 14.8 Å². The molecular weight excluding hydrogens is 360 g/mol. The van der Waals surface area contributed by atoms with E-state index in [4.69, 9.17) is 9.47 Å². The number of esters is 1. The molecule has 0 heterocycles. The van der Waals surface area contributed by atoms with Crippen molar-refractivity contribution < 1.29 is 19.2 Å². The van der Waals surface area contributed by atoms with E-state index < -0.39 is 10.9 Å². The van der Waals surface area contributed by atoms with Crippen LogP contribution in [0.2, 0.25) is 0 Å². The zero-order chi connectivity index (χ0) is 19.9. The van der Waals surface area contributed by atoms with Gasteiger partial charge in [0, 0.05) is 18.7 Å². The standard InChI is InChI=1S/C21H18N2O5/c1-22-18-12-11-15(13-19(18)23(25)26)21(24)27-14-16-7-5-6-10-20(16)28-17-8-3-2-4-9-17/h2-13,22H,14H2,1H3. The first-order chi connectivity index (χ1) is 13.6. The number of ether oxygens (including phenoxy) is 2. The van der Waals surface area contributed by atoms with Crippen molar-refractivity contribution in [3.8, 4) is 11.5 Å². The van der Waals surface area contributed by atoms with E-state index in [1.165, 1.54) is 18.2 Å². The summed E-state index contributed by atoms with van der Waals surface area (Å²) in [4.78, 5) is 23.0. The van der Waals surface area contributed by atoms with Crippen LogP contribution in [0.4, 0.5) is 11.4 Å². The van der Waals surface area contributed by atoms with Gasteiger partial charge >= 0.3 is 5.97 Å². The molecule has 3 aromatic rings. The van der Waals surface area contributed by atoms with Gasteiger partial charge in [-0.05, 0) is 30.3 Å². The van der Waals surface area contributed by atoms with Crippen molar-refractivity contribution in [2.45, 2.75) is 6.61 Å². The van der Waals surface area contributed by atoms with Crippen molar-refractivity contribution in [3.63, 3.8) is 0 Å². The van der Waals surface area contributed by atoms with Crippen molar-refractivity contribution in [1.29, 1.82) is 0 Å². The van der Waals surface area contributed by atoms with Crippen LogP contribution in [0.25, 0.3) is 0 Å². The SMILES string of the molecule is CNc1ccc(C(=O)OCc2ccccc2Oc2ccccc2)cc1[N+](=O)[O-]. The molecule has 28 heavy (non-hydrogen) atoms. The van der Waals surface area contributed by atoms with E-state index in [1.54, 1.807) is 19.2 Å². The van der Waals surface area contributed by atoms with E-state index in [-0.39, 0.29) is 17.9 Å². The first-order valence-electron chi connectivity index (χ1n) is 8.52. The second kappa shape index (κ2) is 8.68. The fourth-order valence-electron chi connectivity index (χ4n) is 2.59. The summed E-state index contributed by atoms with van der Waals surface area (Å²) in [6.07, 6.45) is 0. The summed E-state index contributed by atoms with van der Waals surface area (Å²) < 4.78 is 11.2. The summed E-state index contributed by atoms with van der Waals surface area (Å²) in [7, 11) is 1.57. The average molecular weight is 378 g/mol. The maximum absolute atomic E-state index is 12.4. The molecule has 7 nitrogen and oxygen atoms in total. The lowest BCUT2D eigenvalue weighted by molar-refractivity contribution is -0.384. The molecule has 0 aromatic heterocycles. The Morgan fingerprint density at radius 3 is 2.46 bits per heavy atom. The molecule has 3 aromatic carbocycles. The molecule has 0 saturated heterocycles. The quantitative estimate of drug-likeness (QED) is 0.361. The largest absolute Gasteiger partial charge is 0.457 e. The van der Waals surface area contributed by atoms with Crippen LogP contribution >= 0.6 is 0 Å². The second-order valence-corrected chi connectivity index (χ2v) is 5.84. The number of anilines is 1. The van der Waals surface area contributed by atoms with Crippen molar-refractivity contribution >= 4 is 17.3 Å². The van der Waals surface area contributed by atoms with Crippen LogP contribution in [-0.2, 0) is 11.3 Å². The highest BCUT2D eigenvalue weighted by Crippen LogP contribution is 2.27. The molecule has 0 bridgehead atoms. The molecule has 0 aliphatic heterocycles. The Kier molecular flexibility index (Phi) is 5.86. The van der Waals surface area contributed by atoms with Crippen molar-refractivity contribution in [1.82, 2.24) is 0 Å². The summed E-state index contributed by atoms with van der Waals surface area (Å²) in [5.74, 6) is 0.581. The van der Waals surface area contributed by atoms with Crippen LogP contribution in [-0.4, -0.2) is 17.9 Å². The highest BCUT2D eigenvalue weighted by atomic mass is 16.6. The second-order valence-electron chi connectivity index (χ2n) is 5.84. The van der Waals surface area contributed by atoms with Gasteiger partial charge in [0.25, 0.3) is 5.69 Å². The zero-order valence-corrected chi connectivity index (χ0v) is 15.1. The third-order valence-corrected chi connectivity index (χ3v) is 4.00. The smallest absolute Gasteiger partial charge is 0.338 e. The Morgan fingerprint density at radius 2 is 1.75 bits per heavy atom. The number of carbonyl (C=O) groups excluding carboxylic acids is 1. The first-order valence-corrected chi connectivity index (χ1v) is 8.52.